The Morgan fingerprint density at radius 2 is 1.83 bits per heavy atom. The Morgan fingerprint density at radius 3 is 2.17 bits per heavy atom. The molecule has 0 heterocycles. The average molecular weight is 185 g/mol. The summed E-state index contributed by atoms with van der Waals surface area (Å²) in [5.41, 5.74) is 0. The summed E-state index contributed by atoms with van der Waals surface area (Å²) >= 11 is 0. The number of rotatable bonds is 2. The molecule has 0 atom stereocenters. The van der Waals surface area contributed by atoms with Crippen LogP contribution in [-0.4, -0.2) is 24.7 Å². The molecule has 0 amide bonds. The number of ether oxygens (including phenoxy) is 1. The highest BCUT2D eigenvalue weighted by atomic mass is 19.4. The lowest BCUT2D eigenvalue weighted by Gasteiger charge is -2.06. The van der Waals surface area contributed by atoms with Gasteiger partial charge in [-0.25, -0.2) is 4.79 Å². The molecule has 0 aromatic heterocycles. The second-order valence-corrected chi connectivity index (χ2v) is 1.79. The second kappa shape index (κ2) is 3.93. The maximum absolute atomic E-state index is 11.4. The monoisotopic (exact) mass is 185 g/mol. The average Bonchev–Trinajstić information content (AvgIpc) is 1.84. The number of carbonyl (C=O) groups excluding carboxylic acids is 2. The third-order valence-corrected chi connectivity index (χ3v) is 0.785. The Balaban J connectivity index is 3.58. The fraction of sp³-hybridized carbons (Fsp3) is 0.600. The Kier molecular flexibility index (Phi) is 3.52. The van der Waals surface area contributed by atoms with Crippen LogP contribution in [0.5, 0.6) is 0 Å². The lowest BCUT2D eigenvalue weighted by atomic mass is 10.4. The molecule has 0 aromatic rings. The first kappa shape index (κ1) is 10.7. The van der Waals surface area contributed by atoms with Crippen molar-refractivity contribution in [3.63, 3.8) is 0 Å². The molecule has 0 bridgehead atoms. The Morgan fingerprint density at radius 1 is 1.33 bits per heavy atom. The second-order valence-electron chi connectivity index (χ2n) is 1.79. The summed E-state index contributed by atoms with van der Waals surface area (Å²) < 4.78 is 37.7. The third-order valence-electron chi connectivity index (χ3n) is 0.785. The molecule has 0 saturated heterocycles. The standard InChI is InChI=1S/C5H5F3O4/c6-5(7,8)1-2-12-4(11)3(9)10/h1-2H2,(H,9,10)/p-1. The molecule has 4 nitrogen and oxygen atoms in total. The minimum absolute atomic E-state index is 1.00. The molecule has 7 heteroatoms. The van der Waals surface area contributed by atoms with Gasteiger partial charge in [-0.1, -0.05) is 0 Å². The van der Waals surface area contributed by atoms with Crippen molar-refractivity contribution in [2.45, 2.75) is 12.6 Å². The summed E-state index contributed by atoms with van der Waals surface area (Å²) in [6.07, 6.45) is -5.84. The van der Waals surface area contributed by atoms with E-state index in [0.717, 1.165) is 0 Å². The predicted molar refractivity (Wildman–Crippen MR) is 26.6 cm³/mol. The lowest BCUT2D eigenvalue weighted by Crippen LogP contribution is -2.33. The van der Waals surface area contributed by atoms with E-state index in [4.69, 9.17) is 0 Å². The number of carboxylic acid groups (broad SMARTS) is 1. The van der Waals surface area contributed by atoms with Crippen LogP contribution in [-0.2, 0) is 14.3 Å². The number of esters is 1. The van der Waals surface area contributed by atoms with Crippen LogP contribution in [0.15, 0.2) is 0 Å². The van der Waals surface area contributed by atoms with Crippen LogP contribution in [0.4, 0.5) is 13.2 Å². The molecule has 0 aliphatic heterocycles. The van der Waals surface area contributed by atoms with E-state index in [1.807, 2.05) is 0 Å². The van der Waals surface area contributed by atoms with E-state index in [0.29, 0.717) is 0 Å². The van der Waals surface area contributed by atoms with E-state index < -0.39 is 31.1 Å². The molecule has 0 fully saturated rings. The van der Waals surface area contributed by atoms with Crippen LogP contribution in [0.2, 0.25) is 0 Å². The van der Waals surface area contributed by atoms with Crippen LogP contribution in [0, 0.1) is 0 Å². The highest BCUT2D eigenvalue weighted by Gasteiger charge is 2.27. The molecule has 0 saturated carbocycles. The molecule has 0 aliphatic rings. The Hall–Kier alpha value is -1.27. The highest BCUT2D eigenvalue weighted by Crippen LogP contribution is 2.18. The van der Waals surface area contributed by atoms with Gasteiger partial charge >= 0.3 is 12.1 Å². The van der Waals surface area contributed by atoms with Crippen molar-refractivity contribution < 1.29 is 32.6 Å². The zero-order valence-electron chi connectivity index (χ0n) is 5.68. The summed E-state index contributed by atoms with van der Waals surface area (Å²) in [6, 6.07) is 0. The topological polar surface area (TPSA) is 66.4 Å². The molecular formula is C5H4F3O4-. The van der Waals surface area contributed by atoms with Gasteiger partial charge in [0.1, 0.15) is 6.61 Å². The Bertz CT molecular complexity index is 186. The van der Waals surface area contributed by atoms with Crippen molar-refractivity contribution in [1.82, 2.24) is 0 Å². The van der Waals surface area contributed by atoms with Crippen molar-refractivity contribution in [2.75, 3.05) is 6.61 Å². The van der Waals surface area contributed by atoms with Crippen LogP contribution >= 0.6 is 0 Å². The molecule has 0 N–H and O–H groups in total. The zero-order chi connectivity index (χ0) is 9.78. The van der Waals surface area contributed by atoms with Gasteiger partial charge in [0.2, 0.25) is 0 Å². The van der Waals surface area contributed by atoms with Crippen molar-refractivity contribution in [3.05, 3.63) is 0 Å². The summed E-state index contributed by atoms with van der Waals surface area (Å²) in [6.45, 7) is -1.00. The van der Waals surface area contributed by atoms with Crippen molar-refractivity contribution in [1.29, 1.82) is 0 Å². The van der Waals surface area contributed by atoms with Gasteiger partial charge in [-0.2, -0.15) is 13.2 Å². The number of halogens is 3. The van der Waals surface area contributed by atoms with Gasteiger partial charge in [-0.3, -0.25) is 0 Å². The minimum Gasteiger partial charge on any atom is -0.539 e. The van der Waals surface area contributed by atoms with E-state index in [9.17, 15) is 27.9 Å². The van der Waals surface area contributed by atoms with Crippen molar-refractivity contribution in [2.24, 2.45) is 0 Å². The van der Waals surface area contributed by atoms with Crippen LogP contribution in [0.1, 0.15) is 6.42 Å². The quantitative estimate of drug-likeness (QED) is 0.418. The first-order valence-electron chi connectivity index (χ1n) is 2.78. The van der Waals surface area contributed by atoms with Gasteiger partial charge in [0.05, 0.1) is 6.42 Å². The van der Waals surface area contributed by atoms with Crippen molar-refractivity contribution >= 4 is 11.9 Å². The molecule has 0 unspecified atom stereocenters. The molecule has 0 aliphatic carbocycles. The molecule has 0 rings (SSSR count). The number of hydrogen-bond donors (Lipinski definition) is 0. The lowest BCUT2D eigenvalue weighted by molar-refractivity contribution is -0.304. The van der Waals surface area contributed by atoms with Gasteiger partial charge in [0.25, 0.3) is 0 Å². The summed E-state index contributed by atoms with van der Waals surface area (Å²) in [4.78, 5) is 19.6. The zero-order valence-corrected chi connectivity index (χ0v) is 5.68. The fourth-order valence-corrected chi connectivity index (χ4v) is 0.318. The third kappa shape index (κ3) is 5.51. The largest absolute Gasteiger partial charge is 0.539 e. The van der Waals surface area contributed by atoms with Gasteiger partial charge in [0.15, 0.2) is 5.97 Å². The first-order chi connectivity index (χ1) is 5.33. The van der Waals surface area contributed by atoms with E-state index in [-0.39, 0.29) is 0 Å². The maximum atomic E-state index is 11.4. The van der Waals surface area contributed by atoms with Gasteiger partial charge in [-0.15, -0.1) is 0 Å². The van der Waals surface area contributed by atoms with E-state index >= 15 is 0 Å². The van der Waals surface area contributed by atoms with Crippen LogP contribution < -0.4 is 5.11 Å². The number of aliphatic carboxylic acids is 1. The molecule has 0 radical (unpaired) electrons. The number of alkyl halides is 3. The van der Waals surface area contributed by atoms with Crippen LogP contribution in [0.25, 0.3) is 0 Å². The Labute approximate surface area is 64.9 Å². The molecule has 0 aromatic carbocycles. The van der Waals surface area contributed by atoms with Crippen LogP contribution in [0.3, 0.4) is 0 Å². The highest BCUT2D eigenvalue weighted by molar-refractivity contribution is 6.27. The predicted octanol–water partition coefficient (Wildman–Crippen LogP) is -0.768. The summed E-state index contributed by atoms with van der Waals surface area (Å²) in [7, 11) is 0. The molecule has 0 spiro atoms. The van der Waals surface area contributed by atoms with Gasteiger partial charge in [0, 0.05) is 0 Å². The van der Waals surface area contributed by atoms with E-state index in [1.54, 1.807) is 0 Å². The fourth-order valence-electron chi connectivity index (χ4n) is 0.318. The first-order valence-corrected chi connectivity index (χ1v) is 2.78. The SMILES string of the molecule is O=C([O-])C(=O)OCCC(F)(F)F. The van der Waals surface area contributed by atoms with Crippen molar-refractivity contribution in [3.8, 4) is 0 Å². The number of carboxylic acids is 1. The minimum atomic E-state index is -4.47. The smallest absolute Gasteiger partial charge is 0.392 e. The number of hydrogen-bond acceptors (Lipinski definition) is 4. The summed E-state index contributed by atoms with van der Waals surface area (Å²) in [5.74, 6) is -3.95. The molecule has 70 valence electrons. The van der Waals surface area contributed by atoms with E-state index in [1.165, 1.54) is 0 Å². The number of carbonyl (C=O) groups is 2. The van der Waals surface area contributed by atoms with Gasteiger partial charge in [-0.05, 0) is 0 Å². The molecular weight excluding hydrogens is 181 g/mol. The summed E-state index contributed by atoms with van der Waals surface area (Å²) in [5, 5.41) is 9.59. The molecule has 12 heavy (non-hydrogen) atoms. The normalized spacial score (nSPS) is 10.9. The van der Waals surface area contributed by atoms with E-state index in [2.05, 4.69) is 4.74 Å². The maximum Gasteiger partial charge on any atom is 0.392 e. The van der Waals surface area contributed by atoms with Gasteiger partial charge < -0.3 is 14.6 Å².